The van der Waals surface area contributed by atoms with Crippen LogP contribution in [0.3, 0.4) is 0 Å². The normalized spacial score (nSPS) is 11.5. The number of nitriles is 1. The molecule has 26 heavy (non-hydrogen) atoms. The van der Waals surface area contributed by atoms with Gasteiger partial charge in [-0.05, 0) is 59.9 Å². The molecule has 4 nitrogen and oxygen atoms in total. The molecule has 1 unspecified atom stereocenters. The maximum absolute atomic E-state index is 10.1. The Kier molecular flexibility index (Phi) is 5.97. The highest BCUT2D eigenvalue weighted by molar-refractivity contribution is 5.65. The van der Waals surface area contributed by atoms with Gasteiger partial charge in [-0.3, -0.25) is 4.98 Å². The molecule has 0 aliphatic carbocycles. The van der Waals surface area contributed by atoms with E-state index in [1.165, 1.54) is 0 Å². The van der Waals surface area contributed by atoms with E-state index in [9.17, 15) is 5.11 Å². The molecule has 0 saturated carbocycles. The van der Waals surface area contributed by atoms with Gasteiger partial charge in [0.2, 0.25) is 0 Å². The second-order valence-corrected chi connectivity index (χ2v) is 6.08. The van der Waals surface area contributed by atoms with E-state index in [1.54, 1.807) is 12.3 Å². The fourth-order valence-corrected chi connectivity index (χ4v) is 2.67. The topological polar surface area (TPSA) is 66.1 Å². The van der Waals surface area contributed by atoms with E-state index in [1.807, 2.05) is 60.8 Å². The number of rotatable bonds is 7. The fourth-order valence-electron chi connectivity index (χ4n) is 2.67. The second-order valence-electron chi connectivity index (χ2n) is 6.08. The van der Waals surface area contributed by atoms with E-state index in [-0.39, 0.29) is 6.61 Å². The summed E-state index contributed by atoms with van der Waals surface area (Å²) in [5.74, 6) is 0.714. The zero-order valence-electron chi connectivity index (χ0n) is 14.4. The Morgan fingerprint density at radius 3 is 2.62 bits per heavy atom. The maximum Gasteiger partial charge on any atom is 0.119 e. The Bertz CT molecular complexity index is 871. The molecule has 0 fully saturated rings. The Labute approximate surface area is 153 Å². The van der Waals surface area contributed by atoms with Crippen molar-refractivity contribution in [2.45, 2.75) is 18.9 Å². The summed E-state index contributed by atoms with van der Waals surface area (Å²) in [6.07, 6.45) is 4.43. The first kappa shape index (κ1) is 17.7. The van der Waals surface area contributed by atoms with E-state index in [4.69, 9.17) is 10.00 Å². The third-order valence-electron chi connectivity index (χ3n) is 4.11. The van der Waals surface area contributed by atoms with Crippen molar-refractivity contribution in [3.05, 3.63) is 84.2 Å². The van der Waals surface area contributed by atoms with Crippen LogP contribution in [0.4, 0.5) is 0 Å². The first-order valence-electron chi connectivity index (χ1n) is 8.55. The zero-order valence-corrected chi connectivity index (χ0v) is 14.4. The largest absolute Gasteiger partial charge is 0.491 e. The van der Waals surface area contributed by atoms with Crippen LogP contribution in [0.25, 0.3) is 11.1 Å². The average Bonchev–Trinajstić information content (AvgIpc) is 2.72. The summed E-state index contributed by atoms with van der Waals surface area (Å²) in [5.41, 5.74) is 3.76. The lowest BCUT2D eigenvalue weighted by Crippen LogP contribution is -2.18. The minimum absolute atomic E-state index is 0.253. The van der Waals surface area contributed by atoms with Crippen LogP contribution in [0.5, 0.6) is 5.75 Å². The van der Waals surface area contributed by atoms with Crippen LogP contribution in [0, 0.1) is 11.3 Å². The Hall–Kier alpha value is -3.16. The average molecular weight is 344 g/mol. The number of benzene rings is 2. The number of nitrogens with zero attached hydrogens (tertiary/aromatic N) is 2. The van der Waals surface area contributed by atoms with E-state index >= 15 is 0 Å². The number of pyridine rings is 1. The van der Waals surface area contributed by atoms with Gasteiger partial charge in [0.25, 0.3) is 0 Å². The molecule has 0 bridgehead atoms. The van der Waals surface area contributed by atoms with E-state index in [0.717, 1.165) is 23.1 Å². The number of hydrogen-bond acceptors (Lipinski definition) is 4. The smallest absolute Gasteiger partial charge is 0.119 e. The monoisotopic (exact) mass is 344 g/mol. The fraction of sp³-hybridized carbons (Fsp3) is 0.182. The Balaban J connectivity index is 1.52. The summed E-state index contributed by atoms with van der Waals surface area (Å²) in [7, 11) is 0. The molecule has 1 heterocycles. The standard InChI is InChI=1S/C22H20N2O2/c23-14-18-3-1-5-20(13-18)19-7-10-22(11-8-19)26-16-21(25)9-6-17-4-2-12-24-15-17/h1-5,7-8,10-13,15,21,25H,6,9,16H2. The number of hydrogen-bond donors (Lipinski definition) is 1. The SMILES string of the molecule is N#Cc1cccc(-c2ccc(OCC(O)CCc3cccnc3)cc2)c1. The van der Waals surface area contributed by atoms with Gasteiger partial charge in [-0.25, -0.2) is 0 Å². The summed E-state index contributed by atoms with van der Waals surface area (Å²) in [4.78, 5) is 4.07. The molecule has 4 heteroatoms. The van der Waals surface area contributed by atoms with Crippen molar-refractivity contribution in [1.82, 2.24) is 4.98 Å². The molecule has 1 aromatic heterocycles. The number of ether oxygens (including phenoxy) is 1. The molecule has 3 aromatic rings. The van der Waals surface area contributed by atoms with Crippen LogP contribution >= 0.6 is 0 Å². The minimum Gasteiger partial charge on any atom is -0.491 e. The van der Waals surface area contributed by atoms with Gasteiger partial charge >= 0.3 is 0 Å². The highest BCUT2D eigenvalue weighted by Crippen LogP contribution is 2.23. The van der Waals surface area contributed by atoms with Crippen molar-refractivity contribution in [3.63, 3.8) is 0 Å². The highest BCUT2D eigenvalue weighted by Gasteiger charge is 2.07. The van der Waals surface area contributed by atoms with Crippen LogP contribution < -0.4 is 4.74 Å². The summed E-state index contributed by atoms with van der Waals surface area (Å²) in [5, 5.41) is 19.1. The third kappa shape index (κ3) is 4.92. The van der Waals surface area contributed by atoms with Gasteiger partial charge in [0, 0.05) is 12.4 Å². The van der Waals surface area contributed by atoms with Crippen LogP contribution in [0.2, 0.25) is 0 Å². The van der Waals surface area contributed by atoms with Gasteiger partial charge < -0.3 is 9.84 Å². The molecule has 1 atom stereocenters. The van der Waals surface area contributed by atoms with Gasteiger partial charge in [0.15, 0.2) is 0 Å². The molecule has 2 aromatic carbocycles. The Morgan fingerprint density at radius 2 is 1.88 bits per heavy atom. The summed E-state index contributed by atoms with van der Waals surface area (Å²) < 4.78 is 5.67. The van der Waals surface area contributed by atoms with Crippen molar-refractivity contribution in [3.8, 4) is 22.9 Å². The molecule has 1 N–H and O–H groups in total. The first-order chi connectivity index (χ1) is 12.7. The van der Waals surface area contributed by atoms with E-state index in [2.05, 4.69) is 11.1 Å². The van der Waals surface area contributed by atoms with Gasteiger partial charge in [0.05, 0.1) is 17.7 Å². The number of aryl methyl sites for hydroxylation is 1. The molecule has 0 saturated heterocycles. The molecule has 0 spiro atoms. The maximum atomic E-state index is 10.1. The molecule has 0 amide bonds. The van der Waals surface area contributed by atoms with Crippen LogP contribution in [0.15, 0.2) is 73.1 Å². The third-order valence-corrected chi connectivity index (χ3v) is 4.11. The van der Waals surface area contributed by atoms with Crippen molar-refractivity contribution >= 4 is 0 Å². The van der Waals surface area contributed by atoms with Gasteiger partial charge in [-0.1, -0.05) is 30.3 Å². The molecule has 0 aliphatic rings. The quantitative estimate of drug-likeness (QED) is 0.704. The van der Waals surface area contributed by atoms with Gasteiger partial charge in [-0.15, -0.1) is 0 Å². The summed E-state index contributed by atoms with van der Waals surface area (Å²) >= 11 is 0. The predicted octanol–water partition coefficient (Wildman–Crippen LogP) is 3.99. The Morgan fingerprint density at radius 1 is 1.04 bits per heavy atom. The molecule has 130 valence electrons. The van der Waals surface area contributed by atoms with Gasteiger partial charge in [-0.2, -0.15) is 5.26 Å². The summed E-state index contributed by atoms with van der Waals surface area (Å²) in [6.45, 7) is 0.253. The molecule has 0 aliphatic heterocycles. The van der Waals surface area contributed by atoms with Crippen molar-refractivity contribution in [2.75, 3.05) is 6.61 Å². The van der Waals surface area contributed by atoms with Crippen LogP contribution in [-0.2, 0) is 6.42 Å². The van der Waals surface area contributed by atoms with Crippen molar-refractivity contribution in [2.24, 2.45) is 0 Å². The van der Waals surface area contributed by atoms with Crippen molar-refractivity contribution in [1.29, 1.82) is 5.26 Å². The summed E-state index contributed by atoms with van der Waals surface area (Å²) in [6, 6.07) is 21.2. The highest BCUT2D eigenvalue weighted by atomic mass is 16.5. The number of aliphatic hydroxyl groups is 1. The van der Waals surface area contributed by atoms with E-state index in [0.29, 0.717) is 17.7 Å². The number of aromatic nitrogens is 1. The lowest BCUT2D eigenvalue weighted by atomic mass is 10.0. The van der Waals surface area contributed by atoms with E-state index < -0.39 is 6.10 Å². The van der Waals surface area contributed by atoms with Gasteiger partial charge in [0.1, 0.15) is 12.4 Å². The zero-order chi connectivity index (χ0) is 18.2. The predicted molar refractivity (Wildman–Crippen MR) is 101 cm³/mol. The lowest BCUT2D eigenvalue weighted by Gasteiger charge is -2.13. The second kappa shape index (κ2) is 8.80. The number of aliphatic hydroxyl groups excluding tert-OH is 1. The van der Waals surface area contributed by atoms with Crippen LogP contribution in [-0.4, -0.2) is 22.8 Å². The molecular formula is C22H20N2O2. The van der Waals surface area contributed by atoms with Crippen LogP contribution in [0.1, 0.15) is 17.5 Å². The minimum atomic E-state index is -0.526. The lowest BCUT2D eigenvalue weighted by molar-refractivity contribution is 0.100. The molecule has 0 radical (unpaired) electrons. The first-order valence-corrected chi connectivity index (χ1v) is 8.55. The van der Waals surface area contributed by atoms with Crippen molar-refractivity contribution < 1.29 is 9.84 Å². The molecule has 3 rings (SSSR count). The molecular weight excluding hydrogens is 324 g/mol.